The third-order valence-electron chi connectivity index (χ3n) is 3.35. The van der Waals surface area contributed by atoms with Crippen molar-refractivity contribution in [3.8, 4) is 0 Å². The normalized spacial score (nSPS) is 46.6. The van der Waals surface area contributed by atoms with Gasteiger partial charge in [-0.1, -0.05) is 19.1 Å². The van der Waals surface area contributed by atoms with Crippen molar-refractivity contribution >= 4 is 6.29 Å². The van der Waals surface area contributed by atoms with Gasteiger partial charge in [0.25, 0.3) is 0 Å². The molecule has 0 aromatic carbocycles. The molecule has 0 unspecified atom stereocenters. The number of hydrogen-bond acceptors (Lipinski definition) is 1. The van der Waals surface area contributed by atoms with E-state index in [-0.39, 0.29) is 0 Å². The summed E-state index contributed by atoms with van der Waals surface area (Å²) in [6.45, 7) is 2.25. The van der Waals surface area contributed by atoms with Crippen LogP contribution in [0.4, 0.5) is 0 Å². The maximum absolute atomic E-state index is 10.4. The van der Waals surface area contributed by atoms with Gasteiger partial charge in [0, 0.05) is 6.42 Å². The van der Waals surface area contributed by atoms with Gasteiger partial charge in [0.05, 0.1) is 0 Å². The molecule has 3 atom stereocenters. The first kappa shape index (κ1) is 7.08. The number of allylic oxidation sites excluding steroid dienone is 2. The van der Waals surface area contributed by atoms with Crippen LogP contribution in [0.2, 0.25) is 0 Å². The van der Waals surface area contributed by atoms with Crippen LogP contribution in [0.1, 0.15) is 26.2 Å². The van der Waals surface area contributed by atoms with E-state index < -0.39 is 0 Å². The summed E-state index contributed by atoms with van der Waals surface area (Å²) in [4.78, 5) is 10.4. The van der Waals surface area contributed by atoms with Crippen molar-refractivity contribution < 1.29 is 4.79 Å². The van der Waals surface area contributed by atoms with Crippen LogP contribution in [-0.4, -0.2) is 6.29 Å². The predicted octanol–water partition coefficient (Wildman–Crippen LogP) is 2.18. The average molecular weight is 150 g/mol. The number of fused-ring (bicyclic) bond motifs is 2. The number of hydrogen-bond donors (Lipinski definition) is 0. The van der Waals surface area contributed by atoms with Crippen LogP contribution in [0.15, 0.2) is 12.2 Å². The molecule has 0 aliphatic heterocycles. The van der Waals surface area contributed by atoms with Gasteiger partial charge in [-0.05, 0) is 30.1 Å². The van der Waals surface area contributed by atoms with Crippen molar-refractivity contribution in [3.63, 3.8) is 0 Å². The van der Waals surface area contributed by atoms with E-state index in [1.165, 1.54) is 12.8 Å². The van der Waals surface area contributed by atoms with Crippen LogP contribution < -0.4 is 0 Å². The maximum Gasteiger partial charge on any atom is 0.120 e. The van der Waals surface area contributed by atoms with E-state index in [4.69, 9.17) is 0 Å². The molecule has 2 aliphatic rings. The van der Waals surface area contributed by atoms with Crippen molar-refractivity contribution in [1.29, 1.82) is 0 Å². The summed E-state index contributed by atoms with van der Waals surface area (Å²) in [7, 11) is 0. The maximum atomic E-state index is 10.4. The Morgan fingerprint density at radius 1 is 1.64 bits per heavy atom. The van der Waals surface area contributed by atoms with Crippen LogP contribution >= 0.6 is 0 Å². The molecule has 0 heterocycles. The molecule has 60 valence electrons. The van der Waals surface area contributed by atoms with Gasteiger partial charge in [0.1, 0.15) is 6.29 Å². The van der Waals surface area contributed by atoms with Crippen molar-refractivity contribution in [2.24, 2.45) is 17.3 Å². The molecule has 0 aromatic rings. The lowest BCUT2D eigenvalue weighted by Crippen LogP contribution is -2.21. The van der Waals surface area contributed by atoms with Gasteiger partial charge < -0.3 is 4.79 Å². The molecule has 1 fully saturated rings. The molecule has 2 aliphatic carbocycles. The fourth-order valence-electron chi connectivity index (χ4n) is 2.62. The summed E-state index contributed by atoms with van der Waals surface area (Å²) in [5.74, 6) is 1.47. The van der Waals surface area contributed by atoms with Gasteiger partial charge in [-0.3, -0.25) is 0 Å². The van der Waals surface area contributed by atoms with E-state index in [0.717, 1.165) is 18.6 Å². The van der Waals surface area contributed by atoms with E-state index in [0.29, 0.717) is 11.3 Å². The second kappa shape index (κ2) is 2.20. The summed E-state index contributed by atoms with van der Waals surface area (Å²) in [6, 6.07) is 0. The van der Waals surface area contributed by atoms with E-state index in [2.05, 4.69) is 19.1 Å². The summed E-state index contributed by atoms with van der Waals surface area (Å²) in [5, 5.41) is 0. The van der Waals surface area contributed by atoms with Crippen molar-refractivity contribution in [2.75, 3.05) is 0 Å². The molecule has 11 heavy (non-hydrogen) atoms. The average Bonchev–Trinajstić information content (AvgIpc) is 2.45. The highest BCUT2D eigenvalue weighted by Gasteiger charge is 2.44. The lowest BCUT2D eigenvalue weighted by molar-refractivity contribution is -0.110. The van der Waals surface area contributed by atoms with Gasteiger partial charge in [-0.15, -0.1) is 0 Å². The van der Waals surface area contributed by atoms with Gasteiger partial charge >= 0.3 is 0 Å². The number of aldehydes is 1. The highest BCUT2D eigenvalue weighted by atomic mass is 16.1. The topological polar surface area (TPSA) is 17.1 Å². The Bertz CT molecular complexity index is 207. The summed E-state index contributed by atoms with van der Waals surface area (Å²) in [6.07, 6.45) is 8.97. The minimum Gasteiger partial charge on any atom is -0.303 e. The van der Waals surface area contributed by atoms with E-state index in [1.807, 2.05) is 0 Å². The summed E-state index contributed by atoms with van der Waals surface area (Å²) >= 11 is 0. The Hall–Kier alpha value is -0.590. The van der Waals surface area contributed by atoms with Crippen molar-refractivity contribution in [3.05, 3.63) is 12.2 Å². The zero-order valence-corrected chi connectivity index (χ0v) is 6.92. The molecule has 2 bridgehead atoms. The third kappa shape index (κ3) is 0.943. The molecular weight excluding hydrogens is 136 g/mol. The Labute approximate surface area is 67.5 Å². The Morgan fingerprint density at radius 3 is 2.91 bits per heavy atom. The Kier molecular flexibility index (Phi) is 1.41. The molecule has 0 radical (unpaired) electrons. The van der Waals surface area contributed by atoms with Gasteiger partial charge in [0.2, 0.25) is 0 Å². The zero-order valence-electron chi connectivity index (χ0n) is 6.92. The molecule has 1 saturated carbocycles. The van der Waals surface area contributed by atoms with Gasteiger partial charge in [-0.2, -0.15) is 0 Å². The summed E-state index contributed by atoms with van der Waals surface area (Å²) in [5.41, 5.74) is 0.307. The standard InChI is InChI=1S/C10H14O/c1-10(4-5-11)7-8-2-3-9(10)6-8/h2-3,5,8-9H,4,6-7H2,1H3/t8-,9+,10+/m1/s1. The van der Waals surface area contributed by atoms with E-state index in [9.17, 15) is 4.79 Å². The van der Waals surface area contributed by atoms with E-state index in [1.54, 1.807) is 0 Å². The van der Waals surface area contributed by atoms with Gasteiger partial charge in [0.15, 0.2) is 0 Å². The molecule has 0 aromatic heterocycles. The van der Waals surface area contributed by atoms with Gasteiger partial charge in [-0.25, -0.2) is 0 Å². The van der Waals surface area contributed by atoms with Crippen LogP contribution in [0.25, 0.3) is 0 Å². The zero-order chi connectivity index (χ0) is 7.90. The quantitative estimate of drug-likeness (QED) is 0.435. The van der Waals surface area contributed by atoms with E-state index >= 15 is 0 Å². The van der Waals surface area contributed by atoms with Crippen LogP contribution in [-0.2, 0) is 4.79 Å². The predicted molar refractivity (Wildman–Crippen MR) is 44.1 cm³/mol. The smallest absolute Gasteiger partial charge is 0.120 e. The molecule has 0 N–H and O–H groups in total. The first-order chi connectivity index (χ1) is 5.24. The fraction of sp³-hybridized carbons (Fsp3) is 0.700. The number of rotatable bonds is 2. The number of carbonyl (C=O) groups excluding carboxylic acids is 1. The first-order valence-corrected chi connectivity index (χ1v) is 4.36. The van der Waals surface area contributed by atoms with Crippen LogP contribution in [0.3, 0.4) is 0 Å². The lowest BCUT2D eigenvalue weighted by Gasteiger charge is -2.28. The minimum absolute atomic E-state index is 0.307. The van der Waals surface area contributed by atoms with Crippen molar-refractivity contribution in [1.82, 2.24) is 0 Å². The molecule has 0 spiro atoms. The molecule has 1 heteroatoms. The molecular formula is C10H14O. The van der Waals surface area contributed by atoms with Crippen molar-refractivity contribution in [2.45, 2.75) is 26.2 Å². The SMILES string of the molecule is C[C@]1(CC=O)C[C@@H]2C=C[C@H]1C2. The highest BCUT2D eigenvalue weighted by molar-refractivity contribution is 5.51. The summed E-state index contributed by atoms with van der Waals surface area (Å²) < 4.78 is 0. The fourth-order valence-corrected chi connectivity index (χ4v) is 2.62. The number of carbonyl (C=O) groups is 1. The first-order valence-electron chi connectivity index (χ1n) is 4.36. The Balaban J connectivity index is 2.16. The van der Waals surface area contributed by atoms with Crippen LogP contribution in [0.5, 0.6) is 0 Å². The van der Waals surface area contributed by atoms with Crippen LogP contribution in [0, 0.1) is 17.3 Å². The Morgan fingerprint density at radius 2 is 2.45 bits per heavy atom. The molecule has 0 amide bonds. The highest BCUT2D eigenvalue weighted by Crippen LogP contribution is 2.53. The molecule has 0 saturated heterocycles. The largest absolute Gasteiger partial charge is 0.303 e. The molecule has 2 rings (SSSR count). The monoisotopic (exact) mass is 150 g/mol. The second-order valence-corrected chi connectivity index (χ2v) is 4.22. The third-order valence-corrected chi connectivity index (χ3v) is 3.35. The lowest BCUT2D eigenvalue weighted by atomic mass is 9.75. The molecule has 1 nitrogen and oxygen atoms in total. The minimum atomic E-state index is 0.307. The second-order valence-electron chi connectivity index (χ2n) is 4.22.